The van der Waals surface area contributed by atoms with Gasteiger partial charge < -0.3 is 20.1 Å². The van der Waals surface area contributed by atoms with Crippen LogP contribution < -0.4 is 15.4 Å². The minimum Gasteiger partial charge on any atom is -0.494 e. The molecular formula is C25H26N2O4. The molecule has 3 aromatic rings. The molecule has 31 heavy (non-hydrogen) atoms. The highest BCUT2D eigenvalue weighted by Crippen LogP contribution is 2.16. The van der Waals surface area contributed by atoms with Gasteiger partial charge in [-0.15, -0.1) is 0 Å². The first-order valence-electron chi connectivity index (χ1n) is 10.1. The Kier molecular flexibility index (Phi) is 8.05. The number of rotatable bonds is 10. The number of hydrogen-bond donors (Lipinski definition) is 2. The van der Waals surface area contributed by atoms with Gasteiger partial charge in [0, 0.05) is 11.4 Å². The molecule has 2 N–H and O–H groups in total. The normalized spacial score (nSPS) is 10.2. The second-order valence-electron chi connectivity index (χ2n) is 6.93. The average Bonchev–Trinajstić information content (AvgIpc) is 2.82. The molecule has 0 atom stereocenters. The zero-order valence-corrected chi connectivity index (χ0v) is 17.5. The van der Waals surface area contributed by atoms with E-state index in [2.05, 4.69) is 27.5 Å². The highest BCUT2D eigenvalue weighted by Gasteiger charge is 2.06. The summed E-state index contributed by atoms with van der Waals surface area (Å²) in [6.07, 6.45) is 1.92. The Hall–Kier alpha value is -3.80. The van der Waals surface area contributed by atoms with Crippen LogP contribution in [0.25, 0.3) is 0 Å². The lowest BCUT2D eigenvalue weighted by Gasteiger charge is -2.10. The fraction of sp³-hybridized carbons (Fsp3) is 0.200. The van der Waals surface area contributed by atoms with Crippen molar-refractivity contribution in [2.45, 2.75) is 12.8 Å². The van der Waals surface area contributed by atoms with E-state index >= 15 is 0 Å². The first-order chi connectivity index (χ1) is 15.1. The predicted molar refractivity (Wildman–Crippen MR) is 122 cm³/mol. The summed E-state index contributed by atoms with van der Waals surface area (Å²) in [4.78, 5) is 23.6. The number of carbonyl (C=O) groups is 2. The summed E-state index contributed by atoms with van der Waals surface area (Å²) in [7, 11) is 1.34. The van der Waals surface area contributed by atoms with E-state index in [-0.39, 0.29) is 12.5 Å². The van der Waals surface area contributed by atoms with Crippen molar-refractivity contribution in [1.29, 1.82) is 0 Å². The van der Waals surface area contributed by atoms with E-state index in [1.54, 1.807) is 24.3 Å². The largest absolute Gasteiger partial charge is 0.494 e. The van der Waals surface area contributed by atoms with E-state index in [1.807, 2.05) is 42.5 Å². The zero-order chi connectivity index (χ0) is 21.9. The van der Waals surface area contributed by atoms with Crippen molar-refractivity contribution in [3.8, 4) is 5.75 Å². The van der Waals surface area contributed by atoms with E-state index in [4.69, 9.17) is 4.74 Å². The topological polar surface area (TPSA) is 76.7 Å². The molecule has 160 valence electrons. The Morgan fingerprint density at radius 2 is 1.52 bits per heavy atom. The molecule has 0 unspecified atom stereocenters. The van der Waals surface area contributed by atoms with Gasteiger partial charge >= 0.3 is 5.97 Å². The standard InChI is InChI=1S/C25H26N2O4/c1-30-25(29)20-9-11-21(12-10-20)26-18-24(28)27-22-13-15-23(16-14-22)31-17-5-8-19-6-3-2-4-7-19/h2-4,6-7,9-16,26H,5,8,17-18H2,1H3,(H,27,28). The van der Waals surface area contributed by atoms with E-state index in [1.165, 1.54) is 12.7 Å². The predicted octanol–water partition coefficient (Wildman–Crippen LogP) is 4.54. The van der Waals surface area contributed by atoms with Gasteiger partial charge in [-0.25, -0.2) is 4.79 Å². The van der Waals surface area contributed by atoms with Crippen LogP contribution in [0.5, 0.6) is 5.75 Å². The summed E-state index contributed by atoms with van der Waals surface area (Å²) in [5, 5.41) is 5.85. The number of amides is 1. The lowest BCUT2D eigenvalue weighted by atomic mass is 10.1. The number of methoxy groups -OCH3 is 1. The maximum Gasteiger partial charge on any atom is 0.337 e. The van der Waals surface area contributed by atoms with Crippen LogP contribution in [0.2, 0.25) is 0 Å². The molecule has 6 heteroatoms. The number of esters is 1. The molecule has 0 aromatic heterocycles. The van der Waals surface area contributed by atoms with Crippen molar-refractivity contribution in [2.75, 3.05) is 30.9 Å². The summed E-state index contributed by atoms with van der Waals surface area (Å²) in [5.74, 6) is 0.205. The van der Waals surface area contributed by atoms with E-state index in [9.17, 15) is 9.59 Å². The van der Waals surface area contributed by atoms with Crippen molar-refractivity contribution in [3.05, 3.63) is 90.0 Å². The van der Waals surface area contributed by atoms with Crippen molar-refractivity contribution in [1.82, 2.24) is 0 Å². The number of anilines is 2. The molecule has 3 rings (SSSR count). The maximum atomic E-state index is 12.2. The van der Waals surface area contributed by atoms with Crippen LogP contribution in [0.4, 0.5) is 11.4 Å². The summed E-state index contributed by atoms with van der Waals surface area (Å²) < 4.78 is 10.4. The van der Waals surface area contributed by atoms with Gasteiger partial charge in [-0.05, 0) is 66.9 Å². The molecule has 0 spiro atoms. The first-order valence-corrected chi connectivity index (χ1v) is 10.1. The van der Waals surface area contributed by atoms with E-state index in [0.29, 0.717) is 17.9 Å². The number of benzene rings is 3. The van der Waals surface area contributed by atoms with Crippen molar-refractivity contribution in [3.63, 3.8) is 0 Å². The number of carbonyl (C=O) groups excluding carboxylic acids is 2. The van der Waals surface area contributed by atoms with Crippen LogP contribution in [-0.2, 0) is 16.0 Å². The lowest BCUT2D eigenvalue weighted by molar-refractivity contribution is -0.114. The number of aryl methyl sites for hydroxylation is 1. The van der Waals surface area contributed by atoms with Gasteiger partial charge in [-0.3, -0.25) is 4.79 Å². The third-order valence-corrected chi connectivity index (χ3v) is 4.62. The summed E-state index contributed by atoms with van der Waals surface area (Å²) in [5.41, 5.74) is 3.20. The molecule has 0 radical (unpaired) electrons. The minimum atomic E-state index is -0.395. The summed E-state index contributed by atoms with van der Waals surface area (Å²) >= 11 is 0. The second kappa shape index (κ2) is 11.4. The molecule has 3 aromatic carbocycles. The van der Waals surface area contributed by atoms with Crippen LogP contribution >= 0.6 is 0 Å². The number of ether oxygens (including phenoxy) is 2. The molecule has 0 aliphatic carbocycles. The van der Waals surface area contributed by atoms with Gasteiger partial charge in [0.25, 0.3) is 0 Å². The Morgan fingerprint density at radius 1 is 0.839 bits per heavy atom. The highest BCUT2D eigenvalue weighted by atomic mass is 16.5. The van der Waals surface area contributed by atoms with Gasteiger partial charge in [0.15, 0.2) is 0 Å². The van der Waals surface area contributed by atoms with Crippen LogP contribution in [0.3, 0.4) is 0 Å². The molecule has 1 amide bonds. The Balaban J connectivity index is 1.37. The van der Waals surface area contributed by atoms with Crippen LogP contribution in [0.1, 0.15) is 22.3 Å². The van der Waals surface area contributed by atoms with Crippen LogP contribution in [-0.4, -0.2) is 32.1 Å². The summed E-state index contributed by atoms with van der Waals surface area (Å²) in [6.45, 7) is 0.745. The average molecular weight is 418 g/mol. The molecule has 0 aliphatic heterocycles. The monoisotopic (exact) mass is 418 g/mol. The Bertz CT molecular complexity index is 971. The Morgan fingerprint density at radius 3 is 2.19 bits per heavy atom. The zero-order valence-electron chi connectivity index (χ0n) is 17.5. The SMILES string of the molecule is COC(=O)c1ccc(NCC(=O)Nc2ccc(OCCCc3ccccc3)cc2)cc1. The molecule has 6 nitrogen and oxygen atoms in total. The lowest BCUT2D eigenvalue weighted by Crippen LogP contribution is -2.21. The maximum absolute atomic E-state index is 12.2. The molecule has 0 saturated carbocycles. The van der Waals surface area contributed by atoms with Crippen molar-refractivity contribution in [2.24, 2.45) is 0 Å². The minimum absolute atomic E-state index is 0.106. The fourth-order valence-electron chi connectivity index (χ4n) is 2.98. The highest BCUT2D eigenvalue weighted by molar-refractivity contribution is 5.94. The first kappa shape index (κ1) is 21.9. The van der Waals surface area contributed by atoms with Gasteiger partial charge in [-0.2, -0.15) is 0 Å². The third kappa shape index (κ3) is 7.19. The van der Waals surface area contributed by atoms with Gasteiger partial charge in [-0.1, -0.05) is 30.3 Å². The number of hydrogen-bond acceptors (Lipinski definition) is 5. The fourth-order valence-corrected chi connectivity index (χ4v) is 2.98. The van der Waals surface area contributed by atoms with E-state index < -0.39 is 5.97 Å². The van der Waals surface area contributed by atoms with Crippen LogP contribution in [0.15, 0.2) is 78.9 Å². The smallest absolute Gasteiger partial charge is 0.337 e. The molecule has 0 aliphatic rings. The summed E-state index contributed by atoms with van der Waals surface area (Å²) in [6, 6.07) is 24.4. The van der Waals surface area contributed by atoms with Gasteiger partial charge in [0.05, 0.1) is 25.8 Å². The molecule has 0 saturated heterocycles. The quantitative estimate of drug-likeness (QED) is 0.374. The van der Waals surface area contributed by atoms with Gasteiger partial charge in [0.2, 0.25) is 5.91 Å². The molecule has 0 bridgehead atoms. The van der Waals surface area contributed by atoms with Crippen LogP contribution in [0, 0.1) is 0 Å². The van der Waals surface area contributed by atoms with Gasteiger partial charge in [0.1, 0.15) is 5.75 Å². The van der Waals surface area contributed by atoms with Crippen molar-refractivity contribution < 1.29 is 19.1 Å². The second-order valence-corrected chi connectivity index (χ2v) is 6.93. The Labute approximate surface area is 182 Å². The van der Waals surface area contributed by atoms with Crippen molar-refractivity contribution >= 4 is 23.3 Å². The molecular weight excluding hydrogens is 392 g/mol. The molecule has 0 heterocycles. The molecule has 0 fully saturated rings. The number of nitrogens with one attached hydrogen (secondary N) is 2. The van der Waals surface area contributed by atoms with E-state index in [0.717, 1.165) is 24.3 Å². The third-order valence-electron chi connectivity index (χ3n) is 4.62.